The van der Waals surface area contributed by atoms with Gasteiger partial charge >= 0.3 is 11.9 Å². The van der Waals surface area contributed by atoms with Crippen LogP contribution in [-0.4, -0.2) is 44.7 Å². The van der Waals surface area contributed by atoms with E-state index in [1.165, 1.54) is 6.33 Å². The standard InChI is InChI=1S/C6H9N3O2.C2H5NO2/c7-5(6(10)11)1-4-2-8-3-9-4;3-1-2(4)5/h2-3,5H,1,7H2,(H,8,9)(H,10,11);1,3H2,(H,4,5)/t5-;/m0./s1. The number of carboxylic acid groups (broad SMARTS) is 2. The number of aromatic nitrogens is 2. The molecule has 0 aromatic carbocycles. The minimum Gasteiger partial charge on any atom is -0.480 e. The number of imidazole rings is 1. The SMILES string of the molecule is NCC(=O)O.N[C@@H](Cc1c[nH]cn1)C(=O)O. The minimum atomic E-state index is -1.01. The van der Waals surface area contributed by atoms with Gasteiger partial charge in [-0.1, -0.05) is 0 Å². The van der Waals surface area contributed by atoms with E-state index >= 15 is 0 Å². The summed E-state index contributed by atoms with van der Waals surface area (Å²) < 4.78 is 0. The summed E-state index contributed by atoms with van der Waals surface area (Å²) in [5.41, 5.74) is 10.5. The lowest BCUT2D eigenvalue weighted by Crippen LogP contribution is -2.32. The fraction of sp³-hybridized carbons (Fsp3) is 0.375. The summed E-state index contributed by atoms with van der Waals surface area (Å²) in [7, 11) is 0. The number of nitrogens with one attached hydrogen (secondary N) is 1. The fourth-order valence-corrected chi connectivity index (χ4v) is 0.715. The van der Waals surface area contributed by atoms with Crippen molar-refractivity contribution < 1.29 is 19.8 Å². The maximum atomic E-state index is 10.3. The number of nitrogens with zero attached hydrogens (tertiary/aromatic N) is 1. The summed E-state index contributed by atoms with van der Waals surface area (Å²) in [6.07, 6.45) is 3.38. The lowest BCUT2D eigenvalue weighted by molar-refractivity contribution is -0.138. The Morgan fingerprint density at radius 2 is 2.06 bits per heavy atom. The number of aromatic amines is 1. The van der Waals surface area contributed by atoms with Crippen LogP contribution in [-0.2, 0) is 16.0 Å². The molecule has 0 aliphatic rings. The van der Waals surface area contributed by atoms with Crippen molar-refractivity contribution in [2.75, 3.05) is 6.54 Å². The number of hydrogen-bond donors (Lipinski definition) is 5. The Morgan fingerprint density at radius 3 is 2.38 bits per heavy atom. The topological polar surface area (TPSA) is 155 Å². The summed E-state index contributed by atoms with van der Waals surface area (Å²) >= 11 is 0. The van der Waals surface area contributed by atoms with Crippen LogP contribution >= 0.6 is 0 Å². The second-order valence-electron chi connectivity index (χ2n) is 2.81. The largest absolute Gasteiger partial charge is 0.480 e. The predicted octanol–water partition coefficient (Wildman–Crippen LogP) is -1.61. The molecular weight excluding hydrogens is 216 g/mol. The molecule has 0 saturated heterocycles. The van der Waals surface area contributed by atoms with Gasteiger partial charge in [-0.3, -0.25) is 9.59 Å². The van der Waals surface area contributed by atoms with Crippen molar-refractivity contribution in [1.82, 2.24) is 9.97 Å². The summed E-state index contributed by atoms with van der Waals surface area (Å²) in [5, 5.41) is 16.0. The molecule has 8 heteroatoms. The molecule has 0 aliphatic heterocycles. The van der Waals surface area contributed by atoms with Gasteiger partial charge in [0, 0.05) is 12.6 Å². The molecule has 0 unspecified atom stereocenters. The highest BCUT2D eigenvalue weighted by molar-refractivity contribution is 5.73. The van der Waals surface area contributed by atoms with E-state index in [1.807, 2.05) is 0 Å². The Balaban J connectivity index is 0.000000385. The molecule has 1 aromatic rings. The number of H-pyrrole nitrogens is 1. The molecule has 0 bridgehead atoms. The second kappa shape index (κ2) is 7.37. The van der Waals surface area contributed by atoms with Crippen molar-refractivity contribution in [2.45, 2.75) is 12.5 Å². The van der Waals surface area contributed by atoms with Gasteiger partial charge in [-0.05, 0) is 0 Å². The van der Waals surface area contributed by atoms with Crippen molar-refractivity contribution in [1.29, 1.82) is 0 Å². The molecule has 0 aliphatic carbocycles. The van der Waals surface area contributed by atoms with Gasteiger partial charge in [0.25, 0.3) is 0 Å². The van der Waals surface area contributed by atoms with Crippen LogP contribution < -0.4 is 11.5 Å². The highest BCUT2D eigenvalue weighted by Crippen LogP contribution is 1.95. The first kappa shape index (κ1) is 14.1. The zero-order valence-electron chi connectivity index (χ0n) is 8.46. The van der Waals surface area contributed by atoms with E-state index in [9.17, 15) is 9.59 Å². The number of rotatable bonds is 4. The first-order valence-corrected chi connectivity index (χ1v) is 4.35. The van der Waals surface area contributed by atoms with Gasteiger partial charge in [-0.15, -0.1) is 0 Å². The molecule has 0 spiro atoms. The van der Waals surface area contributed by atoms with Crippen LogP contribution in [0.2, 0.25) is 0 Å². The van der Waals surface area contributed by atoms with Crippen LogP contribution in [0, 0.1) is 0 Å². The summed E-state index contributed by atoms with van der Waals surface area (Å²) in [5.74, 6) is -1.97. The smallest absolute Gasteiger partial charge is 0.320 e. The van der Waals surface area contributed by atoms with Crippen LogP contribution in [0.15, 0.2) is 12.5 Å². The molecule has 1 atom stereocenters. The lowest BCUT2D eigenvalue weighted by atomic mass is 10.2. The molecule has 0 fully saturated rings. The van der Waals surface area contributed by atoms with Gasteiger partial charge in [-0.25, -0.2) is 4.98 Å². The summed E-state index contributed by atoms with van der Waals surface area (Å²) in [6.45, 7) is -0.278. The van der Waals surface area contributed by atoms with E-state index in [-0.39, 0.29) is 13.0 Å². The van der Waals surface area contributed by atoms with Gasteiger partial charge in [0.1, 0.15) is 6.04 Å². The number of carboxylic acids is 2. The molecule has 0 saturated carbocycles. The summed E-state index contributed by atoms with van der Waals surface area (Å²) in [4.78, 5) is 26.1. The number of nitrogens with two attached hydrogens (primary N) is 2. The average Bonchev–Trinajstić information content (AvgIpc) is 2.71. The molecule has 0 amide bonds. The van der Waals surface area contributed by atoms with Gasteiger partial charge in [0.05, 0.1) is 18.6 Å². The normalized spacial score (nSPS) is 11.1. The second-order valence-corrected chi connectivity index (χ2v) is 2.81. The zero-order valence-corrected chi connectivity index (χ0v) is 8.46. The van der Waals surface area contributed by atoms with Gasteiger partial charge in [-0.2, -0.15) is 0 Å². The Hall–Kier alpha value is -1.93. The Labute approximate surface area is 91.3 Å². The molecule has 0 radical (unpaired) electrons. The molecule has 7 N–H and O–H groups in total. The number of carbonyl (C=O) groups is 2. The molecule has 1 rings (SSSR count). The van der Waals surface area contributed by atoms with E-state index in [1.54, 1.807) is 6.20 Å². The van der Waals surface area contributed by atoms with Crippen LogP contribution in [0.5, 0.6) is 0 Å². The molecular formula is C8H14N4O4. The highest BCUT2D eigenvalue weighted by atomic mass is 16.4. The van der Waals surface area contributed by atoms with E-state index in [0.29, 0.717) is 5.69 Å². The predicted molar refractivity (Wildman–Crippen MR) is 54.6 cm³/mol. The maximum absolute atomic E-state index is 10.3. The molecule has 8 nitrogen and oxygen atoms in total. The van der Waals surface area contributed by atoms with E-state index in [4.69, 9.17) is 15.9 Å². The van der Waals surface area contributed by atoms with Crippen LogP contribution in [0.4, 0.5) is 0 Å². The van der Waals surface area contributed by atoms with Crippen molar-refractivity contribution in [3.05, 3.63) is 18.2 Å². The Kier molecular flexibility index (Phi) is 6.48. The minimum absolute atomic E-state index is 0.263. The van der Waals surface area contributed by atoms with Crippen molar-refractivity contribution in [2.24, 2.45) is 11.5 Å². The van der Waals surface area contributed by atoms with Crippen LogP contribution in [0.3, 0.4) is 0 Å². The quantitative estimate of drug-likeness (QED) is 0.416. The number of aliphatic carboxylic acids is 2. The van der Waals surface area contributed by atoms with Crippen molar-refractivity contribution in [3.63, 3.8) is 0 Å². The Morgan fingerprint density at radius 1 is 1.50 bits per heavy atom. The molecule has 1 heterocycles. The monoisotopic (exact) mass is 230 g/mol. The van der Waals surface area contributed by atoms with Crippen molar-refractivity contribution >= 4 is 11.9 Å². The van der Waals surface area contributed by atoms with Gasteiger partial charge in [0.2, 0.25) is 0 Å². The average molecular weight is 230 g/mol. The third-order valence-corrected chi connectivity index (χ3v) is 1.48. The zero-order chi connectivity index (χ0) is 12.6. The Bertz CT molecular complexity index is 325. The van der Waals surface area contributed by atoms with E-state index < -0.39 is 18.0 Å². The van der Waals surface area contributed by atoms with Crippen LogP contribution in [0.1, 0.15) is 5.69 Å². The maximum Gasteiger partial charge on any atom is 0.320 e. The lowest BCUT2D eigenvalue weighted by Gasteiger charge is -2.01. The third kappa shape index (κ3) is 6.51. The number of hydrogen-bond acceptors (Lipinski definition) is 5. The van der Waals surface area contributed by atoms with E-state index in [2.05, 4.69) is 15.7 Å². The van der Waals surface area contributed by atoms with Crippen LogP contribution in [0.25, 0.3) is 0 Å². The van der Waals surface area contributed by atoms with E-state index in [0.717, 1.165) is 0 Å². The molecule has 16 heavy (non-hydrogen) atoms. The molecule has 1 aromatic heterocycles. The first-order chi connectivity index (χ1) is 7.47. The van der Waals surface area contributed by atoms with Gasteiger partial charge in [0.15, 0.2) is 0 Å². The van der Waals surface area contributed by atoms with Gasteiger partial charge < -0.3 is 26.7 Å². The fourth-order valence-electron chi connectivity index (χ4n) is 0.715. The third-order valence-electron chi connectivity index (χ3n) is 1.48. The molecule has 90 valence electrons. The van der Waals surface area contributed by atoms with Crippen molar-refractivity contribution in [3.8, 4) is 0 Å². The highest BCUT2D eigenvalue weighted by Gasteiger charge is 2.12. The summed E-state index contributed by atoms with van der Waals surface area (Å²) in [6, 6.07) is -0.863. The first-order valence-electron chi connectivity index (χ1n) is 4.35.